The van der Waals surface area contributed by atoms with Crippen molar-refractivity contribution in [1.29, 1.82) is 0 Å². The minimum absolute atomic E-state index is 0.000833. The molecule has 0 aromatic rings. The van der Waals surface area contributed by atoms with Crippen LogP contribution in [0, 0.1) is 11.8 Å². The quantitative estimate of drug-likeness (QED) is 0.717. The Morgan fingerprint density at radius 1 is 1.13 bits per heavy atom. The maximum Gasteiger partial charge on any atom is 0.242 e. The van der Waals surface area contributed by atoms with E-state index in [1.54, 1.807) is 0 Å². The van der Waals surface area contributed by atoms with Gasteiger partial charge in [0.1, 0.15) is 0 Å². The van der Waals surface area contributed by atoms with E-state index in [-0.39, 0.29) is 24.9 Å². The molecule has 1 aliphatic heterocycles. The first-order valence-corrected chi connectivity index (χ1v) is 5.82. The molecule has 82 valence electrons. The van der Waals surface area contributed by atoms with Crippen molar-refractivity contribution in [2.75, 3.05) is 13.1 Å². The molecule has 3 fully saturated rings. The molecule has 0 bridgehead atoms. The highest BCUT2D eigenvalue weighted by molar-refractivity contribution is 5.92. The minimum atomic E-state index is 0.000833. The van der Waals surface area contributed by atoms with E-state index in [4.69, 9.17) is 0 Å². The van der Waals surface area contributed by atoms with Gasteiger partial charge in [0.2, 0.25) is 11.8 Å². The van der Waals surface area contributed by atoms with Crippen LogP contribution in [0.3, 0.4) is 0 Å². The number of piperazine rings is 1. The molecule has 4 heteroatoms. The average Bonchev–Trinajstić information content (AvgIpc) is 3.03. The highest BCUT2D eigenvalue weighted by Gasteiger charge is 2.47. The largest absolute Gasteiger partial charge is 0.345 e. The molecule has 0 unspecified atom stereocenters. The van der Waals surface area contributed by atoms with Gasteiger partial charge < -0.3 is 10.2 Å². The van der Waals surface area contributed by atoms with E-state index in [1.165, 1.54) is 25.7 Å². The van der Waals surface area contributed by atoms with Gasteiger partial charge in [0.15, 0.2) is 0 Å². The van der Waals surface area contributed by atoms with Crippen molar-refractivity contribution >= 4 is 11.8 Å². The molecular weight excluding hydrogens is 192 g/mol. The third kappa shape index (κ3) is 1.73. The molecule has 0 aromatic heterocycles. The van der Waals surface area contributed by atoms with Crippen LogP contribution < -0.4 is 5.32 Å². The lowest BCUT2D eigenvalue weighted by molar-refractivity contribution is -0.143. The van der Waals surface area contributed by atoms with Gasteiger partial charge in [-0.05, 0) is 37.5 Å². The molecule has 2 amide bonds. The number of hydrogen-bond acceptors (Lipinski definition) is 2. The fourth-order valence-electron chi connectivity index (χ4n) is 2.62. The third-order valence-electron chi connectivity index (χ3n) is 3.64. The molecule has 2 aliphatic carbocycles. The highest BCUT2D eigenvalue weighted by Crippen LogP contribution is 2.47. The molecule has 0 atom stereocenters. The molecule has 1 saturated heterocycles. The molecule has 15 heavy (non-hydrogen) atoms. The van der Waals surface area contributed by atoms with E-state index in [1.807, 2.05) is 4.90 Å². The Hall–Kier alpha value is -1.06. The molecule has 1 heterocycles. The number of nitrogens with one attached hydrogen (secondary N) is 1. The van der Waals surface area contributed by atoms with Gasteiger partial charge in [-0.25, -0.2) is 0 Å². The number of nitrogens with zero attached hydrogens (tertiary/aromatic N) is 1. The minimum Gasteiger partial charge on any atom is -0.345 e. The zero-order valence-corrected chi connectivity index (χ0v) is 8.74. The summed E-state index contributed by atoms with van der Waals surface area (Å²) in [6.45, 7) is 0.491. The van der Waals surface area contributed by atoms with Crippen LogP contribution in [0.2, 0.25) is 0 Å². The lowest BCUT2D eigenvalue weighted by Crippen LogP contribution is -2.56. The topological polar surface area (TPSA) is 49.4 Å². The Morgan fingerprint density at radius 3 is 2.27 bits per heavy atom. The molecule has 0 aromatic carbocycles. The fraction of sp³-hybridized carbons (Fsp3) is 0.818. The summed E-state index contributed by atoms with van der Waals surface area (Å²) in [6, 6.07) is 0.378. The molecule has 0 radical (unpaired) electrons. The summed E-state index contributed by atoms with van der Waals surface area (Å²) in [5, 5.41) is 2.61. The molecule has 4 nitrogen and oxygen atoms in total. The van der Waals surface area contributed by atoms with E-state index in [0.717, 1.165) is 0 Å². The van der Waals surface area contributed by atoms with Crippen molar-refractivity contribution < 1.29 is 9.59 Å². The van der Waals surface area contributed by atoms with Gasteiger partial charge in [-0.2, -0.15) is 0 Å². The number of hydrogen-bond donors (Lipinski definition) is 1. The van der Waals surface area contributed by atoms with Gasteiger partial charge >= 0.3 is 0 Å². The van der Waals surface area contributed by atoms with E-state index in [0.29, 0.717) is 17.9 Å². The Morgan fingerprint density at radius 2 is 1.73 bits per heavy atom. The second kappa shape index (κ2) is 3.22. The second-order valence-electron chi connectivity index (χ2n) is 4.96. The zero-order valence-electron chi connectivity index (χ0n) is 8.74. The van der Waals surface area contributed by atoms with E-state index < -0.39 is 0 Å². The van der Waals surface area contributed by atoms with Gasteiger partial charge in [-0.1, -0.05) is 0 Å². The van der Waals surface area contributed by atoms with Crippen LogP contribution >= 0.6 is 0 Å². The van der Waals surface area contributed by atoms with Gasteiger partial charge in [-0.15, -0.1) is 0 Å². The van der Waals surface area contributed by atoms with Crippen LogP contribution in [-0.4, -0.2) is 35.8 Å². The van der Waals surface area contributed by atoms with Gasteiger partial charge in [0.05, 0.1) is 13.1 Å². The molecule has 3 rings (SSSR count). The van der Waals surface area contributed by atoms with Crippen LogP contribution in [0.5, 0.6) is 0 Å². The molecular formula is C11H16N2O2. The maximum absolute atomic E-state index is 11.8. The van der Waals surface area contributed by atoms with Crippen LogP contribution in [-0.2, 0) is 9.59 Å². The number of rotatable bonds is 3. The van der Waals surface area contributed by atoms with Gasteiger partial charge in [0.25, 0.3) is 0 Å². The summed E-state index contributed by atoms with van der Waals surface area (Å²) in [6.07, 6.45) is 4.97. The molecule has 3 aliphatic rings. The Kier molecular flexibility index (Phi) is 1.97. The predicted octanol–water partition coefficient (Wildman–Crippen LogP) is 0.133. The summed E-state index contributed by atoms with van der Waals surface area (Å²) < 4.78 is 0. The summed E-state index contributed by atoms with van der Waals surface area (Å²) >= 11 is 0. The SMILES string of the molecule is O=C1CN(C(C2CC2)C2CC2)C(=O)CN1. The third-order valence-corrected chi connectivity index (χ3v) is 3.64. The zero-order chi connectivity index (χ0) is 10.4. The monoisotopic (exact) mass is 208 g/mol. The average molecular weight is 208 g/mol. The number of carbonyl (C=O) groups is 2. The summed E-state index contributed by atoms with van der Waals surface area (Å²) in [5.41, 5.74) is 0. The normalized spacial score (nSPS) is 27.1. The Balaban J connectivity index is 1.76. The van der Waals surface area contributed by atoms with Crippen molar-refractivity contribution in [3.05, 3.63) is 0 Å². The van der Waals surface area contributed by atoms with Crippen molar-refractivity contribution in [1.82, 2.24) is 10.2 Å². The molecule has 0 spiro atoms. The second-order valence-corrected chi connectivity index (χ2v) is 4.96. The maximum atomic E-state index is 11.8. The molecule has 2 saturated carbocycles. The van der Waals surface area contributed by atoms with Crippen LogP contribution in [0.4, 0.5) is 0 Å². The first-order valence-electron chi connectivity index (χ1n) is 5.82. The van der Waals surface area contributed by atoms with Crippen molar-refractivity contribution in [2.24, 2.45) is 11.8 Å². The summed E-state index contributed by atoms with van der Waals surface area (Å²) in [7, 11) is 0. The van der Waals surface area contributed by atoms with E-state index in [9.17, 15) is 9.59 Å². The van der Waals surface area contributed by atoms with Crippen molar-refractivity contribution in [2.45, 2.75) is 31.7 Å². The summed E-state index contributed by atoms with van der Waals surface area (Å²) in [4.78, 5) is 24.9. The van der Waals surface area contributed by atoms with E-state index >= 15 is 0 Å². The number of carbonyl (C=O) groups excluding carboxylic acids is 2. The smallest absolute Gasteiger partial charge is 0.242 e. The van der Waals surface area contributed by atoms with Gasteiger partial charge in [-0.3, -0.25) is 9.59 Å². The standard InChI is InChI=1S/C11H16N2O2/c14-9-6-13(10(15)5-12-9)11(7-1-2-7)8-3-4-8/h7-8,11H,1-6H2,(H,12,14). The first-order chi connectivity index (χ1) is 7.25. The van der Waals surface area contributed by atoms with Crippen molar-refractivity contribution in [3.8, 4) is 0 Å². The summed E-state index contributed by atoms with van der Waals surface area (Å²) in [5.74, 6) is 1.49. The van der Waals surface area contributed by atoms with Crippen LogP contribution in [0.25, 0.3) is 0 Å². The predicted molar refractivity (Wildman–Crippen MR) is 54.0 cm³/mol. The van der Waals surface area contributed by atoms with E-state index in [2.05, 4.69) is 5.32 Å². The van der Waals surface area contributed by atoms with Crippen LogP contribution in [0.15, 0.2) is 0 Å². The first kappa shape index (κ1) is 9.19. The van der Waals surface area contributed by atoms with Crippen molar-refractivity contribution in [3.63, 3.8) is 0 Å². The lowest BCUT2D eigenvalue weighted by atomic mass is 10.0. The number of amides is 2. The lowest BCUT2D eigenvalue weighted by Gasteiger charge is -2.34. The Bertz CT molecular complexity index is 296. The van der Waals surface area contributed by atoms with Crippen LogP contribution in [0.1, 0.15) is 25.7 Å². The fourth-order valence-corrected chi connectivity index (χ4v) is 2.62. The molecule has 1 N–H and O–H groups in total. The highest BCUT2D eigenvalue weighted by atomic mass is 16.2. The Labute approximate surface area is 89.0 Å². The van der Waals surface area contributed by atoms with Gasteiger partial charge in [0, 0.05) is 6.04 Å².